The lowest BCUT2D eigenvalue weighted by Crippen LogP contribution is -2.59. The Hall–Kier alpha value is -1.13. The summed E-state index contributed by atoms with van der Waals surface area (Å²) in [5.41, 5.74) is 5.82. The van der Waals surface area contributed by atoms with E-state index in [1.807, 2.05) is 0 Å². The maximum Gasteiger partial charge on any atom is 0.253 e. The van der Waals surface area contributed by atoms with Crippen LogP contribution in [0.25, 0.3) is 0 Å². The van der Waals surface area contributed by atoms with Crippen LogP contribution in [0.5, 0.6) is 0 Å². The van der Waals surface area contributed by atoms with Crippen molar-refractivity contribution in [2.75, 3.05) is 6.54 Å². The quantitative estimate of drug-likeness (QED) is 0.901. The maximum absolute atomic E-state index is 13.0. The minimum Gasteiger partial charge on any atom is -0.345 e. The Morgan fingerprint density at radius 1 is 1.55 bits per heavy atom. The molecule has 1 aliphatic rings. The zero-order valence-corrected chi connectivity index (χ0v) is 12.3. The number of amides is 1. The van der Waals surface area contributed by atoms with Gasteiger partial charge >= 0.3 is 0 Å². The summed E-state index contributed by atoms with van der Waals surface area (Å²) in [5, 5.41) is 3.16. The second kappa shape index (κ2) is 6.10. The van der Waals surface area contributed by atoms with Crippen LogP contribution in [0.2, 0.25) is 5.02 Å². The molecule has 0 aromatic heterocycles. The monoisotopic (exact) mass is 298 g/mol. The highest BCUT2D eigenvalue weighted by Gasteiger charge is 2.38. The second-order valence-corrected chi connectivity index (χ2v) is 5.99. The molecule has 0 bridgehead atoms. The number of hydrogen-bond donors (Lipinski definition) is 2. The van der Waals surface area contributed by atoms with Gasteiger partial charge in [-0.05, 0) is 37.0 Å². The van der Waals surface area contributed by atoms with E-state index in [0.29, 0.717) is 18.0 Å². The Kier molecular flexibility index (Phi) is 4.66. The maximum atomic E-state index is 13.0. The molecule has 0 saturated heterocycles. The molecule has 0 aliphatic heterocycles. The van der Waals surface area contributed by atoms with Crippen molar-refractivity contribution in [3.05, 3.63) is 34.6 Å². The molecule has 1 saturated carbocycles. The fraction of sp³-hybridized carbons (Fsp3) is 0.533. The van der Waals surface area contributed by atoms with E-state index in [4.69, 9.17) is 17.3 Å². The van der Waals surface area contributed by atoms with E-state index < -0.39 is 5.82 Å². The van der Waals surface area contributed by atoms with Gasteiger partial charge < -0.3 is 11.1 Å². The Morgan fingerprint density at radius 2 is 2.30 bits per heavy atom. The van der Waals surface area contributed by atoms with Crippen molar-refractivity contribution < 1.29 is 9.18 Å². The molecule has 1 fully saturated rings. The Labute approximate surface area is 123 Å². The van der Waals surface area contributed by atoms with E-state index >= 15 is 0 Å². The standard InChI is InChI=1S/C15H20ClFN2O/c1-10-4-2-3-7-15(10,9-18)19-14(20)12-6-5-11(17)8-13(12)16/h5-6,8,10H,2-4,7,9,18H2,1H3,(H,19,20). The second-order valence-electron chi connectivity index (χ2n) is 5.59. The molecule has 0 radical (unpaired) electrons. The Balaban J connectivity index is 2.20. The molecule has 5 heteroatoms. The molecule has 2 atom stereocenters. The molecule has 110 valence electrons. The van der Waals surface area contributed by atoms with Gasteiger partial charge in [0, 0.05) is 6.54 Å². The number of nitrogens with two attached hydrogens (primary N) is 1. The summed E-state index contributed by atoms with van der Waals surface area (Å²) in [7, 11) is 0. The van der Waals surface area contributed by atoms with Crippen LogP contribution in [0.1, 0.15) is 43.0 Å². The zero-order chi connectivity index (χ0) is 14.8. The lowest BCUT2D eigenvalue weighted by atomic mass is 9.73. The first-order valence-electron chi connectivity index (χ1n) is 6.96. The summed E-state index contributed by atoms with van der Waals surface area (Å²) in [6, 6.07) is 3.79. The Bertz CT molecular complexity index is 509. The number of benzene rings is 1. The average molecular weight is 299 g/mol. The SMILES string of the molecule is CC1CCCCC1(CN)NC(=O)c1ccc(F)cc1Cl. The summed E-state index contributed by atoms with van der Waals surface area (Å²) in [6.45, 7) is 2.51. The molecule has 2 unspecified atom stereocenters. The molecule has 1 amide bonds. The highest BCUT2D eigenvalue weighted by atomic mass is 35.5. The molecule has 2 rings (SSSR count). The van der Waals surface area contributed by atoms with Crippen molar-refractivity contribution in [2.45, 2.75) is 38.1 Å². The number of nitrogens with one attached hydrogen (secondary N) is 1. The molecule has 0 spiro atoms. The third kappa shape index (κ3) is 2.96. The van der Waals surface area contributed by atoms with Gasteiger partial charge in [0.05, 0.1) is 16.1 Å². The third-order valence-electron chi connectivity index (χ3n) is 4.36. The smallest absolute Gasteiger partial charge is 0.253 e. The van der Waals surface area contributed by atoms with Gasteiger partial charge in [0.2, 0.25) is 0 Å². The number of hydrogen-bond acceptors (Lipinski definition) is 2. The van der Waals surface area contributed by atoms with Gasteiger partial charge in [-0.3, -0.25) is 4.79 Å². The van der Waals surface area contributed by atoms with Gasteiger partial charge in [-0.1, -0.05) is 31.4 Å². The average Bonchev–Trinajstić information content (AvgIpc) is 2.41. The predicted molar refractivity (Wildman–Crippen MR) is 78.3 cm³/mol. The van der Waals surface area contributed by atoms with Crippen molar-refractivity contribution in [1.82, 2.24) is 5.32 Å². The van der Waals surface area contributed by atoms with Crippen LogP contribution in [-0.4, -0.2) is 18.0 Å². The van der Waals surface area contributed by atoms with E-state index in [0.717, 1.165) is 31.7 Å². The summed E-state index contributed by atoms with van der Waals surface area (Å²) in [5.74, 6) is -0.412. The molecule has 1 aromatic rings. The zero-order valence-electron chi connectivity index (χ0n) is 11.6. The van der Waals surface area contributed by atoms with Gasteiger partial charge in [0.25, 0.3) is 5.91 Å². The van der Waals surface area contributed by atoms with Crippen molar-refractivity contribution in [3.8, 4) is 0 Å². The number of carbonyl (C=O) groups is 1. The van der Waals surface area contributed by atoms with Crippen LogP contribution in [0.3, 0.4) is 0 Å². The number of rotatable bonds is 3. The van der Waals surface area contributed by atoms with E-state index in [1.165, 1.54) is 12.1 Å². The van der Waals surface area contributed by atoms with Crippen LogP contribution >= 0.6 is 11.6 Å². The highest BCUT2D eigenvalue weighted by molar-refractivity contribution is 6.33. The van der Waals surface area contributed by atoms with Crippen molar-refractivity contribution >= 4 is 17.5 Å². The summed E-state index contributed by atoms with van der Waals surface area (Å²) < 4.78 is 13.0. The van der Waals surface area contributed by atoms with Crippen LogP contribution in [0, 0.1) is 11.7 Å². The van der Waals surface area contributed by atoms with E-state index in [-0.39, 0.29) is 16.5 Å². The molecule has 1 aromatic carbocycles. The molecular weight excluding hydrogens is 279 g/mol. The van der Waals surface area contributed by atoms with Gasteiger partial charge in [-0.2, -0.15) is 0 Å². The van der Waals surface area contributed by atoms with Crippen LogP contribution in [0.15, 0.2) is 18.2 Å². The molecule has 3 nitrogen and oxygen atoms in total. The molecule has 1 aliphatic carbocycles. The van der Waals surface area contributed by atoms with Crippen LogP contribution < -0.4 is 11.1 Å². The largest absolute Gasteiger partial charge is 0.345 e. The van der Waals surface area contributed by atoms with E-state index in [2.05, 4.69) is 12.2 Å². The molecular formula is C15H20ClFN2O. The first kappa shape index (κ1) is 15.3. The molecule has 20 heavy (non-hydrogen) atoms. The van der Waals surface area contributed by atoms with Crippen molar-refractivity contribution in [3.63, 3.8) is 0 Å². The van der Waals surface area contributed by atoms with Gasteiger partial charge in [-0.15, -0.1) is 0 Å². The number of halogens is 2. The van der Waals surface area contributed by atoms with Gasteiger partial charge in [0.15, 0.2) is 0 Å². The predicted octanol–water partition coefficient (Wildman–Crippen LogP) is 3.12. The summed E-state index contributed by atoms with van der Waals surface area (Å²) in [6.07, 6.45) is 4.14. The van der Waals surface area contributed by atoms with Crippen molar-refractivity contribution in [2.24, 2.45) is 11.7 Å². The van der Waals surface area contributed by atoms with E-state index in [1.54, 1.807) is 0 Å². The lowest BCUT2D eigenvalue weighted by Gasteiger charge is -2.42. The minimum atomic E-state index is -0.453. The fourth-order valence-electron chi connectivity index (χ4n) is 2.92. The lowest BCUT2D eigenvalue weighted by molar-refractivity contribution is 0.0813. The summed E-state index contributed by atoms with van der Waals surface area (Å²) in [4.78, 5) is 12.4. The first-order chi connectivity index (χ1) is 9.48. The van der Waals surface area contributed by atoms with Crippen LogP contribution in [0.4, 0.5) is 4.39 Å². The minimum absolute atomic E-state index is 0.123. The normalized spacial score (nSPS) is 26.3. The van der Waals surface area contributed by atoms with Gasteiger partial charge in [0.1, 0.15) is 5.82 Å². The molecule has 3 N–H and O–H groups in total. The number of carbonyl (C=O) groups excluding carboxylic acids is 1. The highest BCUT2D eigenvalue weighted by Crippen LogP contribution is 2.33. The Morgan fingerprint density at radius 3 is 2.90 bits per heavy atom. The van der Waals surface area contributed by atoms with Crippen LogP contribution in [-0.2, 0) is 0 Å². The fourth-order valence-corrected chi connectivity index (χ4v) is 3.17. The van der Waals surface area contributed by atoms with Gasteiger partial charge in [-0.25, -0.2) is 4.39 Å². The van der Waals surface area contributed by atoms with E-state index in [9.17, 15) is 9.18 Å². The molecule has 0 heterocycles. The first-order valence-corrected chi connectivity index (χ1v) is 7.34. The third-order valence-corrected chi connectivity index (χ3v) is 4.67. The topological polar surface area (TPSA) is 55.1 Å². The summed E-state index contributed by atoms with van der Waals surface area (Å²) >= 11 is 5.93. The van der Waals surface area contributed by atoms with Crippen molar-refractivity contribution in [1.29, 1.82) is 0 Å².